The number of rotatable bonds is 8. The summed E-state index contributed by atoms with van der Waals surface area (Å²) in [6.45, 7) is 5.68. The molecule has 0 spiro atoms. The molecule has 0 saturated heterocycles. The van der Waals surface area contributed by atoms with Gasteiger partial charge in [0.1, 0.15) is 0 Å². The van der Waals surface area contributed by atoms with E-state index in [9.17, 15) is 8.42 Å². The molecule has 5 nitrogen and oxygen atoms in total. The summed E-state index contributed by atoms with van der Waals surface area (Å²) < 4.78 is 27.0. The van der Waals surface area contributed by atoms with Gasteiger partial charge in [0.05, 0.1) is 0 Å². The summed E-state index contributed by atoms with van der Waals surface area (Å²) in [5.74, 6) is 0.488. The number of nitrogens with one attached hydrogen (secondary N) is 2. The maximum Gasteiger partial charge on any atom is 0.258 e. The molecular formula is C14H23N3O2S. The molecule has 2 N–H and O–H groups in total. The lowest BCUT2D eigenvalue weighted by Gasteiger charge is -2.12. The van der Waals surface area contributed by atoms with Crippen LogP contribution in [0, 0.1) is 5.92 Å². The highest BCUT2D eigenvalue weighted by atomic mass is 32.2. The SMILES string of the molecule is CCCNCc1ccc(S(=O)(=O)NC(C)C2CC2)nc1. The van der Waals surface area contributed by atoms with Crippen molar-refractivity contribution in [1.29, 1.82) is 0 Å². The van der Waals surface area contributed by atoms with Crippen LogP contribution in [0.1, 0.15) is 38.7 Å². The van der Waals surface area contributed by atoms with Crippen LogP contribution in [-0.4, -0.2) is 26.0 Å². The Morgan fingerprint density at radius 2 is 2.15 bits per heavy atom. The molecule has 0 aliphatic heterocycles. The predicted molar refractivity (Wildman–Crippen MR) is 78.7 cm³/mol. The zero-order valence-electron chi connectivity index (χ0n) is 12.1. The van der Waals surface area contributed by atoms with Gasteiger partial charge in [-0.3, -0.25) is 0 Å². The molecule has 1 aromatic heterocycles. The molecule has 0 radical (unpaired) electrons. The van der Waals surface area contributed by atoms with Crippen LogP contribution >= 0.6 is 0 Å². The average molecular weight is 297 g/mol. The van der Waals surface area contributed by atoms with Crippen molar-refractivity contribution in [3.8, 4) is 0 Å². The Bertz CT molecular complexity index is 524. The van der Waals surface area contributed by atoms with Crippen molar-refractivity contribution < 1.29 is 8.42 Å². The highest BCUT2D eigenvalue weighted by Gasteiger charge is 2.31. The zero-order chi connectivity index (χ0) is 14.6. The quantitative estimate of drug-likeness (QED) is 0.716. The van der Waals surface area contributed by atoms with Crippen LogP contribution in [0.2, 0.25) is 0 Å². The molecule has 1 aliphatic carbocycles. The van der Waals surface area contributed by atoms with Crippen LogP contribution in [0.3, 0.4) is 0 Å². The number of aromatic nitrogens is 1. The summed E-state index contributed by atoms with van der Waals surface area (Å²) in [5.41, 5.74) is 0.993. The van der Waals surface area contributed by atoms with Gasteiger partial charge in [-0.15, -0.1) is 0 Å². The van der Waals surface area contributed by atoms with Crippen LogP contribution in [-0.2, 0) is 16.6 Å². The van der Waals surface area contributed by atoms with E-state index in [2.05, 4.69) is 21.9 Å². The van der Waals surface area contributed by atoms with E-state index in [1.807, 2.05) is 13.0 Å². The lowest BCUT2D eigenvalue weighted by Crippen LogP contribution is -2.34. The van der Waals surface area contributed by atoms with Gasteiger partial charge in [-0.1, -0.05) is 13.0 Å². The molecule has 112 valence electrons. The third-order valence-electron chi connectivity index (χ3n) is 3.50. The predicted octanol–water partition coefficient (Wildman–Crippen LogP) is 1.66. The van der Waals surface area contributed by atoms with Gasteiger partial charge in [0.25, 0.3) is 10.0 Å². The van der Waals surface area contributed by atoms with Crippen molar-refractivity contribution in [2.24, 2.45) is 5.92 Å². The van der Waals surface area contributed by atoms with Crippen LogP contribution in [0.5, 0.6) is 0 Å². The second-order valence-corrected chi connectivity index (χ2v) is 7.09. The Morgan fingerprint density at radius 1 is 1.40 bits per heavy atom. The molecule has 1 saturated carbocycles. The molecule has 0 aromatic carbocycles. The van der Waals surface area contributed by atoms with E-state index in [1.54, 1.807) is 12.3 Å². The van der Waals surface area contributed by atoms with E-state index in [0.29, 0.717) is 12.5 Å². The third kappa shape index (κ3) is 4.26. The van der Waals surface area contributed by atoms with Crippen molar-refractivity contribution in [1.82, 2.24) is 15.0 Å². The number of sulfonamides is 1. The lowest BCUT2D eigenvalue weighted by molar-refractivity contribution is 0.535. The summed E-state index contributed by atoms with van der Waals surface area (Å²) in [6.07, 6.45) is 4.92. The molecular weight excluding hydrogens is 274 g/mol. The van der Waals surface area contributed by atoms with Gasteiger partial charge in [-0.2, -0.15) is 0 Å². The number of pyridine rings is 1. The Hall–Kier alpha value is -0.980. The molecule has 1 aliphatic rings. The van der Waals surface area contributed by atoms with Gasteiger partial charge >= 0.3 is 0 Å². The Morgan fingerprint density at radius 3 is 2.70 bits per heavy atom. The largest absolute Gasteiger partial charge is 0.313 e. The van der Waals surface area contributed by atoms with Crippen molar-refractivity contribution in [2.45, 2.75) is 50.7 Å². The highest BCUT2D eigenvalue weighted by molar-refractivity contribution is 7.89. The molecule has 2 rings (SSSR count). The molecule has 1 atom stereocenters. The minimum Gasteiger partial charge on any atom is -0.313 e. The highest BCUT2D eigenvalue weighted by Crippen LogP contribution is 2.32. The number of nitrogens with zero attached hydrogens (tertiary/aromatic N) is 1. The van der Waals surface area contributed by atoms with Crippen molar-refractivity contribution in [3.05, 3.63) is 23.9 Å². The van der Waals surface area contributed by atoms with E-state index in [1.165, 1.54) is 0 Å². The minimum atomic E-state index is -3.49. The standard InChI is InChI=1S/C14H23N3O2S/c1-3-8-15-9-12-4-7-14(16-10-12)20(18,19)17-11(2)13-5-6-13/h4,7,10-11,13,15,17H,3,5-6,8-9H2,1-2H3. The Kier molecular flexibility index (Phi) is 5.12. The first kappa shape index (κ1) is 15.4. The minimum absolute atomic E-state index is 0.00676. The molecule has 0 bridgehead atoms. The first-order valence-electron chi connectivity index (χ1n) is 7.21. The number of hydrogen-bond acceptors (Lipinski definition) is 4. The molecule has 1 unspecified atom stereocenters. The van der Waals surface area contributed by atoms with Crippen molar-refractivity contribution in [2.75, 3.05) is 6.54 Å². The Labute approximate surface area is 121 Å². The van der Waals surface area contributed by atoms with E-state index in [4.69, 9.17) is 0 Å². The maximum absolute atomic E-state index is 12.2. The van der Waals surface area contributed by atoms with Gasteiger partial charge in [-0.05, 0) is 50.3 Å². The summed E-state index contributed by atoms with van der Waals surface area (Å²) >= 11 is 0. The van der Waals surface area contributed by atoms with Crippen molar-refractivity contribution in [3.63, 3.8) is 0 Å². The van der Waals surface area contributed by atoms with Crippen LogP contribution in [0.4, 0.5) is 0 Å². The fraction of sp³-hybridized carbons (Fsp3) is 0.643. The van der Waals surface area contributed by atoms with E-state index < -0.39 is 10.0 Å². The second kappa shape index (κ2) is 6.65. The van der Waals surface area contributed by atoms with Crippen LogP contribution in [0.15, 0.2) is 23.4 Å². The van der Waals surface area contributed by atoms with Gasteiger partial charge in [-0.25, -0.2) is 18.1 Å². The fourth-order valence-corrected chi connectivity index (χ4v) is 3.32. The summed E-state index contributed by atoms with van der Waals surface area (Å²) in [5, 5.41) is 3.36. The first-order chi connectivity index (χ1) is 9.53. The monoisotopic (exact) mass is 297 g/mol. The fourth-order valence-electron chi connectivity index (χ4n) is 2.08. The molecule has 0 amide bonds. The normalized spacial score (nSPS) is 17.1. The number of hydrogen-bond donors (Lipinski definition) is 2. The molecule has 20 heavy (non-hydrogen) atoms. The Balaban J connectivity index is 1.97. The van der Waals surface area contributed by atoms with Crippen LogP contribution in [0.25, 0.3) is 0 Å². The van der Waals surface area contributed by atoms with Gasteiger partial charge in [0.2, 0.25) is 0 Å². The molecule has 1 fully saturated rings. The molecule has 1 heterocycles. The maximum atomic E-state index is 12.2. The van der Waals surface area contributed by atoms with E-state index in [-0.39, 0.29) is 11.1 Å². The van der Waals surface area contributed by atoms with E-state index >= 15 is 0 Å². The van der Waals surface area contributed by atoms with Gasteiger partial charge in [0, 0.05) is 18.8 Å². The van der Waals surface area contributed by atoms with E-state index in [0.717, 1.165) is 31.4 Å². The van der Waals surface area contributed by atoms with Gasteiger partial charge in [0.15, 0.2) is 5.03 Å². The molecule has 6 heteroatoms. The first-order valence-corrected chi connectivity index (χ1v) is 8.69. The summed E-state index contributed by atoms with van der Waals surface area (Å²) in [4.78, 5) is 4.07. The smallest absolute Gasteiger partial charge is 0.258 e. The van der Waals surface area contributed by atoms with Crippen LogP contribution < -0.4 is 10.0 Å². The van der Waals surface area contributed by atoms with Gasteiger partial charge < -0.3 is 5.32 Å². The summed E-state index contributed by atoms with van der Waals surface area (Å²) in [7, 11) is -3.49. The molecule has 1 aromatic rings. The topological polar surface area (TPSA) is 71.1 Å². The average Bonchev–Trinajstić information content (AvgIpc) is 3.23. The second-order valence-electron chi connectivity index (χ2n) is 5.43. The third-order valence-corrected chi connectivity index (χ3v) is 4.97. The lowest BCUT2D eigenvalue weighted by atomic mass is 10.2. The summed E-state index contributed by atoms with van der Waals surface area (Å²) in [6, 6.07) is 3.38. The van der Waals surface area contributed by atoms with Crippen molar-refractivity contribution >= 4 is 10.0 Å². The zero-order valence-corrected chi connectivity index (χ0v) is 12.9.